The molecule has 4 aromatic carbocycles. The van der Waals surface area contributed by atoms with Crippen molar-refractivity contribution in [1.82, 2.24) is 34.8 Å². The number of ketones is 1. The second-order valence-electron chi connectivity index (χ2n) is 22.3. The molecule has 82 heavy (non-hydrogen) atoms. The van der Waals surface area contributed by atoms with Crippen LogP contribution >= 0.6 is 22.9 Å². The van der Waals surface area contributed by atoms with Crippen LogP contribution in [0.15, 0.2) is 95.5 Å². The summed E-state index contributed by atoms with van der Waals surface area (Å²) in [6.07, 6.45) is 2.03. The maximum atomic E-state index is 17.4. The van der Waals surface area contributed by atoms with E-state index in [1.54, 1.807) is 34.4 Å². The minimum absolute atomic E-state index is 0.0408. The highest BCUT2D eigenvalue weighted by Gasteiger charge is 2.43. The van der Waals surface area contributed by atoms with Crippen LogP contribution in [0, 0.1) is 35.9 Å². The number of carbonyl (C=O) groups is 3. The van der Waals surface area contributed by atoms with Gasteiger partial charge in [-0.1, -0.05) is 87.5 Å². The molecule has 3 aliphatic heterocycles. The van der Waals surface area contributed by atoms with E-state index in [1.165, 1.54) is 17.0 Å². The number of likely N-dealkylation sites (tertiary alicyclic amines) is 2. The van der Waals surface area contributed by atoms with Gasteiger partial charge in [-0.15, -0.1) is 11.3 Å². The molecule has 3 aromatic heterocycles. The molecule has 2 amide bonds. The molecule has 20 heteroatoms. The molecule has 7 aromatic rings. The highest BCUT2D eigenvalue weighted by molar-refractivity contribution is 7.13. The third kappa shape index (κ3) is 12.3. The number of fused-ring (bicyclic) bond motifs is 2. The Hall–Kier alpha value is -7.50. The molecule has 2 N–H and O–H groups in total. The molecule has 0 saturated carbocycles. The van der Waals surface area contributed by atoms with Crippen LogP contribution in [-0.2, 0) is 14.4 Å². The van der Waals surface area contributed by atoms with Crippen molar-refractivity contribution in [2.24, 2.45) is 11.8 Å². The molecule has 17 nitrogen and oxygen atoms in total. The number of aromatic nitrogens is 4. The van der Waals surface area contributed by atoms with Crippen LogP contribution in [0.2, 0.25) is 5.02 Å². The Morgan fingerprint density at radius 2 is 1.76 bits per heavy atom. The molecular weight excluding hydrogens is 1090 g/mol. The van der Waals surface area contributed by atoms with Crippen LogP contribution in [0.1, 0.15) is 88.7 Å². The van der Waals surface area contributed by atoms with Crippen LogP contribution < -0.4 is 14.4 Å². The minimum atomic E-state index is -0.827. The third-order valence-electron chi connectivity index (χ3n) is 16.2. The van der Waals surface area contributed by atoms with E-state index in [0.717, 1.165) is 47.6 Å². The zero-order valence-corrected chi connectivity index (χ0v) is 48.2. The van der Waals surface area contributed by atoms with Crippen molar-refractivity contribution < 1.29 is 43.0 Å². The molecule has 6 heterocycles. The van der Waals surface area contributed by atoms with Gasteiger partial charge in [-0.25, -0.2) is 9.37 Å². The number of aliphatic hydroxyl groups is 1. The van der Waals surface area contributed by atoms with Gasteiger partial charge in [0, 0.05) is 62.6 Å². The summed E-state index contributed by atoms with van der Waals surface area (Å²) in [5, 5.41) is 37.3. The topological polar surface area (TPSA) is 212 Å². The largest absolute Gasteiger partial charge is 0.508 e. The van der Waals surface area contributed by atoms with Gasteiger partial charge in [0.2, 0.25) is 11.8 Å². The molecule has 0 aliphatic carbocycles. The Kier molecular flexibility index (Phi) is 17.5. The zero-order chi connectivity index (χ0) is 57.9. The van der Waals surface area contributed by atoms with E-state index in [1.807, 2.05) is 81.4 Å². The molecule has 0 unspecified atom stereocenters. The van der Waals surface area contributed by atoms with Gasteiger partial charge in [-0.05, 0) is 114 Å². The summed E-state index contributed by atoms with van der Waals surface area (Å²) in [6.45, 7) is 16.6. The summed E-state index contributed by atoms with van der Waals surface area (Å²) in [7, 11) is 0. The number of aryl methyl sites for hydroxylation is 1. The van der Waals surface area contributed by atoms with E-state index in [2.05, 4.69) is 44.8 Å². The molecular formula is C62H67ClFN9O8S. The lowest BCUT2D eigenvalue weighted by molar-refractivity contribution is -0.140. The number of hydrogen-bond acceptors (Lipinski definition) is 16. The number of carbonyl (C=O) groups excluding carboxylic acids is 3. The smallest absolute Gasteiger partial charge is 0.319 e. The van der Waals surface area contributed by atoms with E-state index >= 15 is 4.39 Å². The summed E-state index contributed by atoms with van der Waals surface area (Å²) in [4.78, 5) is 63.5. The van der Waals surface area contributed by atoms with Crippen molar-refractivity contribution in [2.45, 2.75) is 103 Å². The number of piperidine rings is 1. The van der Waals surface area contributed by atoms with Gasteiger partial charge in [0.25, 0.3) is 5.88 Å². The summed E-state index contributed by atoms with van der Waals surface area (Å²) in [5.41, 5.74) is 5.30. The highest BCUT2D eigenvalue weighted by atomic mass is 35.5. The van der Waals surface area contributed by atoms with Gasteiger partial charge < -0.3 is 38.9 Å². The quantitative estimate of drug-likeness (QED) is 0.0721. The number of aromatic hydroxyl groups is 1. The standard InChI is InChI=1S/C62H67ClFN9O8S/c1-7-54(77)72-23-22-71(31-43(72)16-19-65)60-48-28-49(63)56(47-26-44(74)25-42-10-8-9-11-46(42)47)57(64)58(48)67-62(68-60)80-37(5)30-70-20-17-39(18-21-70)33-79-53-29-52(81-69-53)55(35(2)3)61(78)73-32-45(75)27-50(73)51(76)24-36(4)40-12-14-41(15-13-40)59-38(6)66-34-82-59/h7-15,25-26,28-29,34-37,39,43,45,50,55,74-75H,1,16-18,20-24,27,30-33H2,2-6H3/t36-,37-,43+,45-,50+,55-/m1/s1. The van der Waals surface area contributed by atoms with Crippen LogP contribution in [-0.4, -0.2) is 139 Å². The zero-order valence-electron chi connectivity index (χ0n) is 46.6. The van der Waals surface area contributed by atoms with E-state index in [-0.39, 0.29) is 108 Å². The number of rotatable bonds is 19. The van der Waals surface area contributed by atoms with Crippen molar-refractivity contribution in [2.75, 3.05) is 57.3 Å². The molecule has 3 fully saturated rings. The normalized spacial score (nSPS) is 19.1. The molecule has 0 radical (unpaired) electrons. The first-order valence-corrected chi connectivity index (χ1v) is 29.2. The number of anilines is 1. The SMILES string of the molecule is C=CC(=O)N1CCN(c2nc(O[C@H](C)CN3CCC(COc4cc([C@H](C(=O)N5C[C@H](O)C[C@H]5C(=O)C[C@@H](C)c5ccc(-c6scnc6C)cc5)C(C)C)on4)CC3)nc3c(F)c(-c4cc(O)cc5ccccc45)c(Cl)cc23)C[C@@H]1CC#N. The number of nitriles is 1. The fourth-order valence-corrected chi connectivity index (χ4v) is 13.0. The van der Waals surface area contributed by atoms with E-state index in [4.69, 9.17) is 30.6 Å². The number of aliphatic hydroxyl groups excluding tert-OH is 1. The number of hydrogen-bond donors (Lipinski definition) is 2. The van der Waals surface area contributed by atoms with Gasteiger partial charge in [-0.2, -0.15) is 15.2 Å². The van der Waals surface area contributed by atoms with Crippen molar-refractivity contribution in [3.63, 3.8) is 0 Å². The predicted octanol–water partition coefficient (Wildman–Crippen LogP) is 10.5. The van der Waals surface area contributed by atoms with Gasteiger partial charge in [-0.3, -0.25) is 19.3 Å². The minimum Gasteiger partial charge on any atom is -0.508 e. The van der Waals surface area contributed by atoms with Crippen molar-refractivity contribution >= 4 is 68.0 Å². The maximum absolute atomic E-state index is 17.4. The second kappa shape index (κ2) is 24.9. The fraction of sp³-hybridized carbons (Fsp3) is 0.419. The fourth-order valence-electron chi connectivity index (χ4n) is 11.9. The van der Waals surface area contributed by atoms with Crippen LogP contribution in [0.5, 0.6) is 17.6 Å². The molecule has 0 bridgehead atoms. The van der Waals surface area contributed by atoms with Crippen molar-refractivity contribution in [3.05, 3.63) is 119 Å². The molecule has 0 spiro atoms. The number of benzene rings is 4. The highest BCUT2D eigenvalue weighted by Crippen LogP contribution is 2.43. The summed E-state index contributed by atoms with van der Waals surface area (Å²) < 4.78 is 35.8. The number of ether oxygens (including phenoxy) is 2. The lowest BCUT2D eigenvalue weighted by Crippen LogP contribution is -2.55. The number of β-amino-alcohol motifs (C(OH)–C–C–N with tert-alkyl or cyclic N) is 1. The first-order valence-electron chi connectivity index (χ1n) is 27.9. The average Bonchev–Trinajstić information content (AvgIpc) is 4.14. The monoisotopic (exact) mass is 1150 g/mol. The number of phenolic OH excluding ortho intramolecular Hbond substituents is 1. The van der Waals surface area contributed by atoms with E-state index < -0.39 is 36.0 Å². The van der Waals surface area contributed by atoms with E-state index in [9.17, 15) is 29.9 Å². The molecule has 10 rings (SSSR count). The molecule has 3 aliphatic rings. The Balaban J connectivity index is 0.775. The Bertz CT molecular complexity index is 3540. The lowest BCUT2D eigenvalue weighted by Gasteiger charge is -2.41. The number of piperazine rings is 1. The first kappa shape index (κ1) is 57.7. The lowest BCUT2D eigenvalue weighted by atomic mass is 9.89. The predicted molar refractivity (Wildman–Crippen MR) is 313 cm³/mol. The average molecular weight is 1150 g/mol. The van der Waals surface area contributed by atoms with Crippen molar-refractivity contribution in [1.29, 1.82) is 5.26 Å². The first-order chi connectivity index (χ1) is 39.5. The Morgan fingerprint density at radius 3 is 2.48 bits per heavy atom. The number of phenols is 1. The number of thiazole rings is 1. The third-order valence-corrected chi connectivity index (χ3v) is 17.5. The number of halogens is 2. The molecule has 6 atom stereocenters. The number of nitrogens with zero attached hydrogens (tertiary/aromatic N) is 9. The number of Topliss-reactive ketones (excluding diaryl/α,β-unsaturated/α-hetero) is 1. The summed E-state index contributed by atoms with van der Waals surface area (Å²) in [5.74, 6) is -1.39. The van der Waals surface area contributed by atoms with Gasteiger partial charge in [0.05, 0.1) is 58.4 Å². The molecule has 3 saturated heterocycles. The van der Waals surface area contributed by atoms with Gasteiger partial charge in [0.1, 0.15) is 29.1 Å². The van der Waals surface area contributed by atoms with Crippen LogP contribution in [0.3, 0.4) is 0 Å². The summed E-state index contributed by atoms with van der Waals surface area (Å²) >= 11 is 8.58. The van der Waals surface area contributed by atoms with Gasteiger partial charge in [0.15, 0.2) is 17.4 Å². The Labute approximate surface area is 484 Å². The van der Waals surface area contributed by atoms with E-state index in [0.29, 0.717) is 53.0 Å². The maximum Gasteiger partial charge on any atom is 0.319 e. The molecule has 428 valence electrons. The Morgan fingerprint density at radius 1 is 0.988 bits per heavy atom. The van der Waals surface area contributed by atoms with Gasteiger partial charge >= 0.3 is 6.01 Å². The van der Waals surface area contributed by atoms with Crippen molar-refractivity contribution in [3.8, 4) is 45.3 Å². The van der Waals surface area contributed by atoms with Crippen LogP contribution in [0.4, 0.5) is 10.2 Å². The summed E-state index contributed by atoms with van der Waals surface area (Å²) in [6, 6.07) is 22.7. The van der Waals surface area contributed by atoms with Crippen LogP contribution in [0.25, 0.3) is 43.2 Å². The number of amides is 2. The second-order valence-corrected chi connectivity index (χ2v) is 23.6.